The van der Waals surface area contributed by atoms with Crippen LogP contribution in [0.2, 0.25) is 5.02 Å². The van der Waals surface area contributed by atoms with E-state index in [0.29, 0.717) is 28.9 Å². The van der Waals surface area contributed by atoms with Gasteiger partial charge < -0.3 is 10.1 Å². The Morgan fingerprint density at radius 2 is 1.96 bits per heavy atom. The SMILES string of the molecule is Cc1ccc(Cl)cc1NC(=S)NC(=O)c1ccccc1OCCC(C)C. The van der Waals surface area contributed by atoms with E-state index >= 15 is 0 Å². The molecule has 0 saturated heterocycles. The maximum Gasteiger partial charge on any atom is 0.261 e. The minimum Gasteiger partial charge on any atom is -0.493 e. The van der Waals surface area contributed by atoms with E-state index in [1.54, 1.807) is 30.3 Å². The van der Waals surface area contributed by atoms with Crippen molar-refractivity contribution in [1.29, 1.82) is 0 Å². The van der Waals surface area contributed by atoms with Crippen LogP contribution in [0, 0.1) is 12.8 Å². The molecule has 0 aliphatic carbocycles. The van der Waals surface area contributed by atoms with E-state index in [-0.39, 0.29) is 11.0 Å². The average molecular weight is 391 g/mol. The number of ether oxygens (including phenoxy) is 1. The Labute approximate surface area is 164 Å². The summed E-state index contributed by atoms with van der Waals surface area (Å²) in [4.78, 5) is 12.6. The second-order valence-corrected chi connectivity index (χ2v) is 7.24. The molecule has 0 bridgehead atoms. The summed E-state index contributed by atoms with van der Waals surface area (Å²) in [5, 5.41) is 6.49. The van der Waals surface area contributed by atoms with Gasteiger partial charge in [0.05, 0.1) is 12.2 Å². The first-order valence-corrected chi connectivity index (χ1v) is 9.25. The van der Waals surface area contributed by atoms with Crippen molar-refractivity contribution in [2.24, 2.45) is 5.92 Å². The van der Waals surface area contributed by atoms with Gasteiger partial charge in [-0.2, -0.15) is 0 Å². The van der Waals surface area contributed by atoms with Gasteiger partial charge in [-0.25, -0.2) is 0 Å². The summed E-state index contributed by atoms with van der Waals surface area (Å²) in [6, 6.07) is 12.6. The van der Waals surface area contributed by atoms with Crippen LogP contribution in [0.25, 0.3) is 0 Å². The molecule has 2 aromatic rings. The molecule has 2 aromatic carbocycles. The van der Waals surface area contributed by atoms with E-state index in [4.69, 9.17) is 28.6 Å². The van der Waals surface area contributed by atoms with Crippen LogP contribution in [-0.4, -0.2) is 17.6 Å². The Morgan fingerprint density at radius 3 is 2.69 bits per heavy atom. The number of halogens is 1. The Kier molecular flexibility index (Phi) is 7.42. The number of rotatable bonds is 6. The second kappa shape index (κ2) is 9.55. The van der Waals surface area contributed by atoms with Gasteiger partial charge in [-0.15, -0.1) is 0 Å². The molecule has 0 heterocycles. The lowest BCUT2D eigenvalue weighted by Gasteiger charge is -2.14. The number of hydrogen-bond donors (Lipinski definition) is 2. The summed E-state index contributed by atoms with van der Waals surface area (Å²) in [6.45, 7) is 6.75. The highest BCUT2D eigenvalue weighted by atomic mass is 35.5. The third-order valence-corrected chi connectivity index (χ3v) is 4.20. The molecule has 0 unspecified atom stereocenters. The summed E-state index contributed by atoms with van der Waals surface area (Å²) < 4.78 is 5.76. The first-order chi connectivity index (χ1) is 12.4. The van der Waals surface area contributed by atoms with Crippen molar-refractivity contribution in [2.75, 3.05) is 11.9 Å². The number of para-hydroxylation sites is 1. The lowest BCUT2D eigenvalue weighted by Crippen LogP contribution is -2.34. The molecular weight excluding hydrogens is 368 g/mol. The first kappa shape index (κ1) is 20.2. The number of carbonyl (C=O) groups excluding carboxylic acids is 1. The fourth-order valence-corrected chi connectivity index (χ4v) is 2.61. The van der Waals surface area contributed by atoms with Crippen LogP contribution in [0.3, 0.4) is 0 Å². The van der Waals surface area contributed by atoms with Crippen LogP contribution < -0.4 is 15.4 Å². The van der Waals surface area contributed by atoms with Gasteiger partial charge in [0, 0.05) is 10.7 Å². The number of aryl methyl sites for hydroxylation is 1. The minimum atomic E-state index is -0.317. The van der Waals surface area contributed by atoms with E-state index in [1.165, 1.54) is 0 Å². The van der Waals surface area contributed by atoms with Gasteiger partial charge in [0.15, 0.2) is 5.11 Å². The maximum atomic E-state index is 12.6. The van der Waals surface area contributed by atoms with Crippen LogP contribution in [0.1, 0.15) is 36.2 Å². The van der Waals surface area contributed by atoms with Crippen LogP contribution >= 0.6 is 23.8 Å². The first-order valence-electron chi connectivity index (χ1n) is 8.47. The third-order valence-electron chi connectivity index (χ3n) is 3.76. The molecule has 0 aliphatic heterocycles. The number of amides is 1. The summed E-state index contributed by atoms with van der Waals surface area (Å²) in [5.74, 6) is 0.767. The number of nitrogens with one attached hydrogen (secondary N) is 2. The van der Waals surface area contributed by atoms with E-state index in [0.717, 1.165) is 17.7 Å². The van der Waals surface area contributed by atoms with E-state index < -0.39 is 0 Å². The quantitative estimate of drug-likeness (QED) is 0.665. The van der Waals surface area contributed by atoms with Crippen LogP contribution in [-0.2, 0) is 0 Å². The van der Waals surface area contributed by atoms with Crippen molar-refractivity contribution >= 4 is 40.5 Å². The molecule has 138 valence electrons. The maximum absolute atomic E-state index is 12.6. The molecule has 2 rings (SSSR count). The largest absolute Gasteiger partial charge is 0.493 e. The molecule has 0 spiro atoms. The molecule has 0 fully saturated rings. The summed E-state index contributed by atoms with van der Waals surface area (Å²) in [6.07, 6.45) is 0.921. The predicted molar refractivity (Wildman–Crippen MR) is 111 cm³/mol. The molecule has 4 nitrogen and oxygen atoms in total. The Morgan fingerprint density at radius 1 is 1.23 bits per heavy atom. The van der Waals surface area contributed by atoms with Crippen LogP contribution in [0.15, 0.2) is 42.5 Å². The molecule has 0 saturated carbocycles. The lowest BCUT2D eigenvalue weighted by atomic mass is 10.1. The zero-order valence-electron chi connectivity index (χ0n) is 15.1. The van der Waals surface area contributed by atoms with E-state index in [2.05, 4.69) is 24.5 Å². The molecule has 0 radical (unpaired) electrons. The van der Waals surface area contributed by atoms with Crippen LogP contribution in [0.4, 0.5) is 5.69 Å². The molecule has 0 aromatic heterocycles. The number of carbonyl (C=O) groups is 1. The monoisotopic (exact) mass is 390 g/mol. The van der Waals surface area contributed by atoms with Crippen molar-refractivity contribution in [3.05, 3.63) is 58.6 Å². The standard InChI is InChI=1S/C20H23ClN2O2S/c1-13(2)10-11-25-18-7-5-4-6-16(18)19(24)23-20(26)22-17-12-15(21)9-8-14(17)3/h4-9,12-13H,10-11H2,1-3H3,(H2,22,23,24,26). The van der Waals surface area contributed by atoms with Crippen molar-refractivity contribution in [3.8, 4) is 5.75 Å². The van der Waals surface area contributed by atoms with E-state index in [1.807, 2.05) is 19.1 Å². The van der Waals surface area contributed by atoms with Crippen molar-refractivity contribution in [1.82, 2.24) is 5.32 Å². The van der Waals surface area contributed by atoms with Crippen molar-refractivity contribution < 1.29 is 9.53 Å². The highest BCUT2D eigenvalue weighted by Crippen LogP contribution is 2.21. The fourth-order valence-electron chi connectivity index (χ4n) is 2.24. The Balaban J connectivity index is 2.03. The lowest BCUT2D eigenvalue weighted by molar-refractivity contribution is 0.0973. The Hall–Kier alpha value is -2.11. The van der Waals surface area contributed by atoms with Gasteiger partial charge in [-0.1, -0.05) is 43.6 Å². The van der Waals surface area contributed by atoms with Gasteiger partial charge in [0.25, 0.3) is 5.91 Å². The van der Waals surface area contributed by atoms with Crippen LogP contribution in [0.5, 0.6) is 5.75 Å². The molecule has 6 heteroatoms. The Bertz CT molecular complexity index is 793. The zero-order chi connectivity index (χ0) is 19.1. The number of anilines is 1. The molecule has 1 amide bonds. The van der Waals surface area contributed by atoms with Gasteiger partial charge in [0.2, 0.25) is 0 Å². The molecule has 2 N–H and O–H groups in total. The number of hydrogen-bond acceptors (Lipinski definition) is 3. The normalized spacial score (nSPS) is 10.5. The average Bonchev–Trinajstić information content (AvgIpc) is 2.58. The zero-order valence-corrected chi connectivity index (χ0v) is 16.7. The number of thiocarbonyl (C=S) groups is 1. The van der Waals surface area contributed by atoms with Crippen molar-refractivity contribution in [2.45, 2.75) is 27.2 Å². The smallest absolute Gasteiger partial charge is 0.261 e. The molecule has 0 atom stereocenters. The van der Waals surface area contributed by atoms with Gasteiger partial charge >= 0.3 is 0 Å². The highest BCUT2D eigenvalue weighted by Gasteiger charge is 2.14. The minimum absolute atomic E-state index is 0.206. The van der Waals surface area contributed by atoms with Crippen molar-refractivity contribution in [3.63, 3.8) is 0 Å². The summed E-state index contributed by atoms with van der Waals surface area (Å²) in [5.41, 5.74) is 2.18. The van der Waals surface area contributed by atoms with Gasteiger partial charge in [0.1, 0.15) is 5.75 Å². The van der Waals surface area contributed by atoms with Gasteiger partial charge in [-0.05, 0) is 61.3 Å². The summed E-state index contributed by atoms with van der Waals surface area (Å²) in [7, 11) is 0. The predicted octanol–water partition coefficient (Wildman–Crippen LogP) is 5.20. The molecule has 26 heavy (non-hydrogen) atoms. The summed E-state index contributed by atoms with van der Waals surface area (Å²) >= 11 is 11.3. The second-order valence-electron chi connectivity index (χ2n) is 6.39. The van der Waals surface area contributed by atoms with Gasteiger partial charge in [-0.3, -0.25) is 10.1 Å². The highest BCUT2D eigenvalue weighted by molar-refractivity contribution is 7.80. The number of benzene rings is 2. The topological polar surface area (TPSA) is 50.4 Å². The fraction of sp³-hybridized carbons (Fsp3) is 0.300. The molecular formula is C20H23ClN2O2S. The third kappa shape index (κ3) is 6.00. The van der Waals surface area contributed by atoms with E-state index in [9.17, 15) is 4.79 Å². The molecule has 0 aliphatic rings.